The number of carbonyl (C=O) groups is 1. The van der Waals surface area contributed by atoms with Gasteiger partial charge in [0.15, 0.2) is 5.05 Å². The van der Waals surface area contributed by atoms with Crippen molar-refractivity contribution >= 4 is 23.2 Å². The maximum absolute atomic E-state index is 11.5. The molecule has 4 nitrogen and oxygen atoms in total. The third kappa shape index (κ3) is 19.5. The monoisotopic (exact) mass is 374 g/mol. The first-order valence-corrected chi connectivity index (χ1v) is 10.5. The molecule has 0 unspecified atom stereocenters. The van der Waals surface area contributed by atoms with Crippen LogP contribution in [0.3, 0.4) is 0 Å². The first-order valence-electron chi connectivity index (χ1n) is 10.1. The third-order valence-corrected chi connectivity index (χ3v) is 4.20. The highest BCUT2D eigenvalue weighted by atomic mass is 32.1. The predicted octanol–water partition coefficient (Wildman–Crippen LogP) is 5.61. The predicted molar refractivity (Wildman–Crippen MR) is 107 cm³/mol. The van der Waals surface area contributed by atoms with Crippen molar-refractivity contribution in [3.05, 3.63) is 0 Å². The van der Waals surface area contributed by atoms with Gasteiger partial charge in [0.05, 0.1) is 13.2 Å². The second-order valence-corrected chi connectivity index (χ2v) is 6.92. The summed E-state index contributed by atoms with van der Waals surface area (Å²) in [5.74, 6) is -0.327. The number of ether oxygens (including phenoxy) is 3. The van der Waals surface area contributed by atoms with Crippen molar-refractivity contribution in [3.8, 4) is 0 Å². The van der Waals surface area contributed by atoms with Crippen molar-refractivity contribution in [2.75, 3.05) is 26.4 Å². The highest BCUT2D eigenvalue weighted by Gasteiger charge is 2.05. The summed E-state index contributed by atoms with van der Waals surface area (Å²) in [5.41, 5.74) is 0. The molecule has 0 radical (unpaired) electrons. The standard InChI is InChI=1S/C20H38O4S/c1-3-5-7-9-11-13-15-23-19(21)17-22-18-20(25)24-16-14-12-10-8-6-4-2/h3-18H2,1-2H3. The Balaban J connectivity index is 3.32. The number of carbonyl (C=O) groups excluding carboxylic acids is 1. The van der Waals surface area contributed by atoms with Gasteiger partial charge in [-0.25, -0.2) is 4.79 Å². The van der Waals surface area contributed by atoms with Crippen molar-refractivity contribution in [1.29, 1.82) is 0 Å². The Hall–Kier alpha value is -0.680. The molecule has 25 heavy (non-hydrogen) atoms. The second kappa shape index (κ2) is 19.6. The van der Waals surface area contributed by atoms with Gasteiger partial charge in [-0.05, 0) is 25.1 Å². The molecule has 0 spiro atoms. The van der Waals surface area contributed by atoms with Crippen molar-refractivity contribution in [1.82, 2.24) is 0 Å². The molecule has 0 atom stereocenters. The summed E-state index contributed by atoms with van der Waals surface area (Å²) in [4.78, 5) is 11.5. The molecule has 0 aromatic rings. The molecule has 0 heterocycles. The molecule has 0 aliphatic carbocycles. The van der Waals surface area contributed by atoms with Crippen LogP contribution in [0, 0.1) is 0 Å². The fourth-order valence-electron chi connectivity index (χ4n) is 2.44. The minimum absolute atomic E-state index is 0.0592. The van der Waals surface area contributed by atoms with Crippen LogP contribution < -0.4 is 0 Å². The van der Waals surface area contributed by atoms with Crippen LogP contribution in [0.2, 0.25) is 0 Å². The van der Waals surface area contributed by atoms with Gasteiger partial charge in [-0.1, -0.05) is 78.1 Å². The van der Waals surface area contributed by atoms with Crippen molar-refractivity contribution in [2.45, 2.75) is 90.9 Å². The van der Waals surface area contributed by atoms with Crippen LogP contribution in [0.5, 0.6) is 0 Å². The normalized spacial score (nSPS) is 10.6. The zero-order valence-corrected chi connectivity index (χ0v) is 17.2. The van der Waals surface area contributed by atoms with Crippen LogP contribution in [-0.2, 0) is 19.0 Å². The lowest BCUT2D eigenvalue weighted by Crippen LogP contribution is -2.18. The van der Waals surface area contributed by atoms with E-state index in [-0.39, 0.29) is 19.2 Å². The minimum Gasteiger partial charge on any atom is -0.485 e. The molecule has 0 aromatic carbocycles. The summed E-state index contributed by atoms with van der Waals surface area (Å²) in [6.07, 6.45) is 14.4. The van der Waals surface area contributed by atoms with Gasteiger partial charge in [0.1, 0.15) is 13.2 Å². The Labute approximate surface area is 160 Å². The van der Waals surface area contributed by atoms with E-state index in [0.29, 0.717) is 18.3 Å². The molecular formula is C20H38O4S. The quantitative estimate of drug-likeness (QED) is 0.177. The number of thiocarbonyl (C=S) groups is 1. The fourth-order valence-corrected chi connectivity index (χ4v) is 2.60. The van der Waals surface area contributed by atoms with Gasteiger partial charge in [0.2, 0.25) is 0 Å². The van der Waals surface area contributed by atoms with Crippen LogP contribution in [0.4, 0.5) is 0 Å². The summed E-state index contributed by atoms with van der Waals surface area (Å²) >= 11 is 5.08. The molecule has 5 heteroatoms. The molecule has 0 N–H and O–H groups in total. The first-order chi connectivity index (χ1) is 12.2. The summed E-state index contributed by atoms with van der Waals surface area (Å²) in [6, 6.07) is 0. The molecule has 0 bridgehead atoms. The van der Waals surface area contributed by atoms with Gasteiger partial charge >= 0.3 is 5.97 Å². The van der Waals surface area contributed by atoms with Crippen LogP contribution in [0.15, 0.2) is 0 Å². The molecule has 0 aliphatic heterocycles. The lowest BCUT2D eigenvalue weighted by molar-refractivity contribution is -0.148. The maximum atomic E-state index is 11.5. The smallest absolute Gasteiger partial charge is 0.332 e. The van der Waals surface area contributed by atoms with Crippen molar-refractivity contribution in [2.24, 2.45) is 0 Å². The Bertz CT molecular complexity index is 291. The Morgan fingerprint density at radius 2 is 1.16 bits per heavy atom. The number of hydrogen-bond donors (Lipinski definition) is 0. The molecule has 0 saturated carbocycles. The zero-order chi connectivity index (χ0) is 18.6. The first kappa shape index (κ1) is 24.3. The SMILES string of the molecule is CCCCCCCCOC(=O)COCC(=S)OCCCCCCCC. The topological polar surface area (TPSA) is 44.8 Å². The van der Waals surface area contributed by atoms with Gasteiger partial charge in [-0.2, -0.15) is 0 Å². The molecular weight excluding hydrogens is 336 g/mol. The number of unbranched alkanes of at least 4 members (excludes halogenated alkanes) is 10. The van der Waals surface area contributed by atoms with Crippen LogP contribution in [0.25, 0.3) is 0 Å². The lowest BCUT2D eigenvalue weighted by atomic mass is 10.1. The van der Waals surface area contributed by atoms with E-state index in [4.69, 9.17) is 26.4 Å². The highest BCUT2D eigenvalue weighted by molar-refractivity contribution is 7.80. The van der Waals surface area contributed by atoms with E-state index in [1.807, 2.05) is 0 Å². The fraction of sp³-hybridized carbons (Fsp3) is 0.900. The highest BCUT2D eigenvalue weighted by Crippen LogP contribution is 2.06. The number of esters is 1. The van der Waals surface area contributed by atoms with Crippen LogP contribution in [0.1, 0.15) is 90.9 Å². The van der Waals surface area contributed by atoms with E-state index >= 15 is 0 Å². The van der Waals surface area contributed by atoms with Gasteiger partial charge in [0.25, 0.3) is 0 Å². The lowest BCUT2D eigenvalue weighted by Gasteiger charge is -2.08. The van der Waals surface area contributed by atoms with Crippen molar-refractivity contribution < 1.29 is 19.0 Å². The van der Waals surface area contributed by atoms with Gasteiger partial charge in [-0.3, -0.25) is 0 Å². The number of hydrogen-bond acceptors (Lipinski definition) is 5. The Kier molecular flexibility index (Phi) is 19.1. The molecule has 0 aliphatic rings. The van der Waals surface area contributed by atoms with Gasteiger partial charge < -0.3 is 14.2 Å². The van der Waals surface area contributed by atoms with E-state index in [0.717, 1.165) is 19.3 Å². The summed E-state index contributed by atoms with van der Waals surface area (Å²) < 4.78 is 15.8. The summed E-state index contributed by atoms with van der Waals surface area (Å²) in [6.45, 7) is 5.65. The van der Waals surface area contributed by atoms with Crippen molar-refractivity contribution in [3.63, 3.8) is 0 Å². The van der Waals surface area contributed by atoms with E-state index in [1.54, 1.807) is 0 Å². The average molecular weight is 375 g/mol. The van der Waals surface area contributed by atoms with E-state index in [9.17, 15) is 4.79 Å². The van der Waals surface area contributed by atoms with Gasteiger partial charge in [0, 0.05) is 0 Å². The third-order valence-electron chi connectivity index (χ3n) is 3.96. The van der Waals surface area contributed by atoms with Crippen LogP contribution >= 0.6 is 12.2 Å². The van der Waals surface area contributed by atoms with E-state index in [1.165, 1.54) is 57.8 Å². The Morgan fingerprint density at radius 3 is 1.72 bits per heavy atom. The number of rotatable bonds is 18. The molecule has 148 valence electrons. The molecule has 0 rings (SSSR count). The molecule has 0 saturated heterocycles. The molecule has 0 fully saturated rings. The van der Waals surface area contributed by atoms with E-state index in [2.05, 4.69) is 13.8 Å². The Morgan fingerprint density at radius 1 is 0.680 bits per heavy atom. The summed E-state index contributed by atoms with van der Waals surface area (Å²) in [7, 11) is 0. The van der Waals surface area contributed by atoms with Crippen LogP contribution in [-0.4, -0.2) is 37.4 Å². The second-order valence-electron chi connectivity index (χ2n) is 6.47. The van der Waals surface area contributed by atoms with Gasteiger partial charge in [-0.15, -0.1) is 0 Å². The maximum Gasteiger partial charge on any atom is 0.332 e. The zero-order valence-electron chi connectivity index (χ0n) is 16.4. The van der Waals surface area contributed by atoms with E-state index < -0.39 is 0 Å². The summed E-state index contributed by atoms with van der Waals surface area (Å²) in [5, 5.41) is 0.414. The molecule has 0 amide bonds. The molecule has 0 aromatic heterocycles. The minimum atomic E-state index is -0.327. The average Bonchev–Trinajstić information content (AvgIpc) is 2.60. The largest absolute Gasteiger partial charge is 0.485 e.